The average Bonchev–Trinajstić information content (AvgIpc) is 2.77. The molecule has 0 heterocycles. The van der Waals surface area contributed by atoms with Crippen molar-refractivity contribution in [2.45, 2.75) is 51.2 Å². The summed E-state index contributed by atoms with van der Waals surface area (Å²) in [6.07, 6.45) is 5.99. The lowest BCUT2D eigenvalue weighted by atomic mass is 10.2. The Balaban J connectivity index is 2.14. The maximum absolute atomic E-state index is 11.5. The monoisotopic (exact) mass is 229 g/mol. The molecule has 0 saturated heterocycles. The summed E-state index contributed by atoms with van der Waals surface area (Å²) in [5.41, 5.74) is 0. The zero-order valence-corrected chi connectivity index (χ0v) is 10.3. The van der Waals surface area contributed by atoms with Gasteiger partial charge >= 0.3 is 5.97 Å². The molecular weight excluding hydrogens is 206 g/mol. The van der Waals surface area contributed by atoms with Gasteiger partial charge in [-0.05, 0) is 33.2 Å². The molecule has 1 saturated carbocycles. The second-order valence-electron chi connectivity index (χ2n) is 4.16. The van der Waals surface area contributed by atoms with Gasteiger partial charge in [-0.1, -0.05) is 12.8 Å². The second-order valence-corrected chi connectivity index (χ2v) is 4.16. The quantitative estimate of drug-likeness (QED) is 0.672. The fraction of sp³-hybridized carbons (Fsp3) is 0.917. The molecule has 0 aliphatic heterocycles. The first-order chi connectivity index (χ1) is 7.77. The Hall–Kier alpha value is -0.610. The van der Waals surface area contributed by atoms with E-state index in [4.69, 9.17) is 9.47 Å². The number of ether oxygens (including phenoxy) is 2. The molecule has 1 unspecified atom stereocenters. The number of hydrogen-bond acceptors (Lipinski definition) is 4. The number of carbonyl (C=O) groups excluding carboxylic acids is 1. The summed E-state index contributed by atoms with van der Waals surface area (Å²) >= 11 is 0. The highest BCUT2D eigenvalue weighted by Gasteiger charge is 2.19. The van der Waals surface area contributed by atoms with Crippen LogP contribution in [0.15, 0.2) is 0 Å². The van der Waals surface area contributed by atoms with Crippen molar-refractivity contribution < 1.29 is 14.3 Å². The van der Waals surface area contributed by atoms with Crippen molar-refractivity contribution in [1.29, 1.82) is 0 Å². The maximum atomic E-state index is 11.5. The van der Waals surface area contributed by atoms with Crippen molar-refractivity contribution >= 4 is 5.97 Å². The first kappa shape index (κ1) is 13.5. The number of nitrogens with one attached hydrogen (secondary N) is 1. The van der Waals surface area contributed by atoms with Crippen LogP contribution in [0.25, 0.3) is 0 Å². The molecule has 4 nitrogen and oxygen atoms in total. The standard InChI is InChI=1S/C12H23NO3/c1-3-15-12(14)11(13-2)8-9-16-10-6-4-5-7-10/h10-11,13H,3-9H2,1-2H3. The summed E-state index contributed by atoms with van der Waals surface area (Å²) in [5.74, 6) is -0.181. The molecule has 0 aromatic heterocycles. The third kappa shape index (κ3) is 4.49. The van der Waals surface area contributed by atoms with Crippen LogP contribution in [-0.4, -0.2) is 38.4 Å². The fourth-order valence-corrected chi connectivity index (χ4v) is 2.03. The molecule has 1 aliphatic carbocycles. The molecule has 1 N–H and O–H groups in total. The molecule has 1 atom stereocenters. The average molecular weight is 229 g/mol. The van der Waals surface area contributed by atoms with Crippen molar-refractivity contribution in [3.05, 3.63) is 0 Å². The number of carbonyl (C=O) groups is 1. The minimum absolute atomic E-state index is 0.181. The zero-order chi connectivity index (χ0) is 11.8. The summed E-state index contributed by atoms with van der Waals surface area (Å²) < 4.78 is 10.7. The van der Waals surface area contributed by atoms with E-state index in [9.17, 15) is 4.79 Å². The van der Waals surface area contributed by atoms with Gasteiger partial charge in [0.15, 0.2) is 0 Å². The largest absolute Gasteiger partial charge is 0.465 e. The molecule has 0 spiro atoms. The second kappa shape index (κ2) is 7.63. The summed E-state index contributed by atoms with van der Waals surface area (Å²) in [7, 11) is 1.77. The van der Waals surface area contributed by atoms with Crippen LogP contribution in [0.4, 0.5) is 0 Å². The Labute approximate surface area is 97.7 Å². The number of hydrogen-bond donors (Lipinski definition) is 1. The van der Waals surface area contributed by atoms with Crippen LogP contribution in [-0.2, 0) is 14.3 Å². The highest BCUT2D eigenvalue weighted by atomic mass is 16.5. The molecular formula is C12H23NO3. The highest BCUT2D eigenvalue weighted by molar-refractivity contribution is 5.75. The molecule has 0 amide bonds. The molecule has 94 valence electrons. The van der Waals surface area contributed by atoms with Gasteiger partial charge in [0.1, 0.15) is 6.04 Å². The minimum atomic E-state index is -0.235. The maximum Gasteiger partial charge on any atom is 0.323 e. The molecule has 1 aliphatic rings. The van der Waals surface area contributed by atoms with Gasteiger partial charge in [0.05, 0.1) is 12.7 Å². The number of rotatable bonds is 7. The van der Waals surface area contributed by atoms with Crippen LogP contribution in [0.2, 0.25) is 0 Å². The van der Waals surface area contributed by atoms with Crippen LogP contribution >= 0.6 is 0 Å². The molecule has 0 aromatic carbocycles. The van der Waals surface area contributed by atoms with Gasteiger partial charge in [-0.15, -0.1) is 0 Å². The Bertz CT molecular complexity index is 202. The van der Waals surface area contributed by atoms with Crippen molar-refractivity contribution in [2.75, 3.05) is 20.3 Å². The van der Waals surface area contributed by atoms with E-state index in [2.05, 4.69) is 5.32 Å². The SMILES string of the molecule is CCOC(=O)C(CCOC1CCCC1)NC. The van der Waals surface area contributed by atoms with Gasteiger partial charge in [-0.3, -0.25) is 4.79 Å². The van der Waals surface area contributed by atoms with Gasteiger partial charge in [0.2, 0.25) is 0 Å². The first-order valence-electron chi connectivity index (χ1n) is 6.23. The predicted octanol–water partition coefficient (Wildman–Crippen LogP) is 1.49. The van der Waals surface area contributed by atoms with E-state index >= 15 is 0 Å². The van der Waals surface area contributed by atoms with Crippen molar-refractivity contribution in [2.24, 2.45) is 0 Å². The van der Waals surface area contributed by atoms with Crippen LogP contribution < -0.4 is 5.32 Å². The Morgan fingerprint density at radius 3 is 2.69 bits per heavy atom. The normalized spacial score (nSPS) is 18.6. The van der Waals surface area contributed by atoms with Gasteiger partial charge in [-0.25, -0.2) is 0 Å². The van der Waals surface area contributed by atoms with E-state index in [1.807, 2.05) is 6.92 Å². The first-order valence-corrected chi connectivity index (χ1v) is 6.23. The topological polar surface area (TPSA) is 47.6 Å². The summed E-state index contributed by atoms with van der Waals surface area (Å²) in [5, 5.41) is 2.96. The number of esters is 1. The molecule has 0 radical (unpaired) electrons. The number of likely N-dealkylation sites (N-methyl/N-ethyl adjacent to an activating group) is 1. The van der Waals surface area contributed by atoms with Gasteiger partial charge < -0.3 is 14.8 Å². The predicted molar refractivity (Wildman–Crippen MR) is 62.3 cm³/mol. The lowest BCUT2D eigenvalue weighted by Crippen LogP contribution is -2.36. The third-order valence-electron chi connectivity index (χ3n) is 2.98. The summed E-state index contributed by atoms with van der Waals surface area (Å²) in [6.45, 7) is 2.88. The molecule has 16 heavy (non-hydrogen) atoms. The van der Waals surface area contributed by atoms with Crippen molar-refractivity contribution in [1.82, 2.24) is 5.32 Å². The lowest BCUT2D eigenvalue weighted by molar-refractivity contribution is -0.146. The van der Waals surface area contributed by atoms with Crippen LogP contribution in [0.1, 0.15) is 39.0 Å². The van der Waals surface area contributed by atoms with E-state index in [1.54, 1.807) is 7.05 Å². The smallest absolute Gasteiger partial charge is 0.323 e. The van der Waals surface area contributed by atoms with E-state index in [-0.39, 0.29) is 12.0 Å². The summed E-state index contributed by atoms with van der Waals surface area (Å²) in [6, 6.07) is -0.235. The molecule has 1 fully saturated rings. The van der Waals surface area contributed by atoms with Crippen LogP contribution in [0, 0.1) is 0 Å². The molecule has 0 bridgehead atoms. The lowest BCUT2D eigenvalue weighted by Gasteiger charge is -2.16. The van der Waals surface area contributed by atoms with Crippen molar-refractivity contribution in [3.63, 3.8) is 0 Å². The van der Waals surface area contributed by atoms with E-state index < -0.39 is 0 Å². The third-order valence-corrected chi connectivity index (χ3v) is 2.98. The van der Waals surface area contributed by atoms with E-state index in [0.29, 0.717) is 25.7 Å². The van der Waals surface area contributed by atoms with E-state index in [0.717, 1.165) is 0 Å². The van der Waals surface area contributed by atoms with E-state index in [1.165, 1.54) is 25.7 Å². The fourth-order valence-electron chi connectivity index (χ4n) is 2.03. The molecule has 4 heteroatoms. The van der Waals surface area contributed by atoms with Gasteiger partial charge in [0, 0.05) is 6.61 Å². The Kier molecular flexibility index (Phi) is 6.42. The zero-order valence-electron chi connectivity index (χ0n) is 10.3. The van der Waals surface area contributed by atoms with Crippen LogP contribution in [0.3, 0.4) is 0 Å². The minimum Gasteiger partial charge on any atom is -0.465 e. The Morgan fingerprint density at radius 1 is 1.44 bits per heavy atom. The Morgan fingerprint density at radius 2 is 2.12 bits per heavy atom. The summed E-state index contributed by atoms with van der Waals surface area (Å²) in [4.78, 5) is 11.5. The molecule has 1 rings (SSSR count). The highest BCUT2D eigenvalue weighted by Crippen LogP contribution is 2.21. The van der Waals surface area contributed by atoms with Crippen molar-refractivity contribution in [3.8, 4) is 0 Å². The van der Waals surface area contributed by atoms with Gasteiger partial charge in [0.25, 0.3) is 0 Å². The van der Waals surface area contributed by atoms with Crippen LogP contribution in [0.5, 0.6) is 0 Å². The van der Waals surface area contributed by atoms with Gasteiger partial charge in [-0.2, -0.15) is 0 Å². The molecule has 0 aromatic rings.